The minimum Gasteiger partial charge on any atom is -0.379 e. The van der Waals surface area contributed by atoms with Gasteiger partial charge in [-0.25, -0.2) is 0 Å². The minimum atomic E-state index is 0.125. The van der Waals surface area contributed by atoms with Crippen molar-refractivity contribution in [3.8, 4) is 0 Å². The van der Waals surface area contributed by atoms with Crippen LogP contribution in [0.3, 0.4) is 0 Å². The third-order valence-corrected chi connectivity index (χ3v) is 4.87. The van der Waals surface area contributed by atoms with E-state index < -0.39 is 0 Å². The molecule has 5 heteroatoms. The molecule has 1 saturated heterocycles. The Kier molecular flexibility index (Phi) is 5.28. The van der Waals surface area contributed by atoms with E-state index in [1.165, 1.54) is 16.7 Å². The van der Waals surface area contributed by atoms with Crippen LogP contribution in [0.5, 0.6) is 0 Å². The minimum absolute atomic E-state index is 0.125. The van der Waals surface area contributed by atoms with Gasteiger partial charge in [0.1, 0.15) is 0 Å². The summed E-state index contributed by atoms with van der Waals surface area (Å²) in [5.74, 6) is 0.125. The molecule has 0 bridgehead atoms. The molecule has 1 unspecified atom stereocenters. The summed E-state index contributed by atoms with van der Waals surface area (Å²) < 4.78 is 5.59. The van der Waals surface area contributed by atoms with Crippen LogP contribution in [-0.2, 0) is 4.74 Å². The van der Waals surface area contributed by atoms with Crippen molar-refractivity contribution < 1.29 is 4.74 Å². The van der Waals surface area contributed by atoms with Crippen molar-refractivity contribution in [1.82, 2.24) is 19.9 Å². The maximum Gasteiger partial charge on any atom is 0.0594 e. The molecule has 26 heavy (non-hydrogen) atoms. The third kappa shape index (κ3) is 3.64. The average molecular weight is 346 g/mol. The number of aromatic nitrogens is 3. The topological polar surface area (TPSA) is 51.1 Å². The Bertz CT molecular complexity index is 753. The smallest absolute Gasteiger partial charge is 0.0594 e. The number of nitrogens with zero attached hydrogens (tertiary/aromatic N) is 4. The highest BCUT2D eigenvalue weighted by Gasteiger charge is 2.33. The Morgan fingerprint density at radius 3 is 1.69 bits per heavy atom. The van der Waals surface area contributed by atoms with Gasteiger partial charge >= 0.3 is 0 Å². The van der Waals surface area contributed by atoms with Gasteiger partial charge in [0.05, 0.1) is 13.2 Å². The number of hydrogen-bond donors (Lipinski definition) is 0. The Balaban J connectivity index is 1.83. The van der Waals surface area contributed by atoms with Crippen LogP contribution in [-0.4, -0.2) is 46.2 Å². The summed E-state index contributed by atoms with van der Waals surface area (Å²) in [6.07, 6.45) is 11.3. The molecule has 1 fully saturated rings. The predicted octanol–water partition coefficient (Wildman–Crippen LogP) is 3.08. The SMILES string of the molecule is c1cncc(C(c2cccnc2)C(c2cccnc2)N2CCOCC2)c1. The molecule has 3 aromatic heterocycles. The molecule has 132 valence electrons. The summed E-state index contributed by atoms with van der Waals surface area (Å²) in [6.45, 7) is 3.31. The molecular weight excluding hydrogens is 324 g/mol. The van der Waals surface area contributed by atoms with E-state index in [2.05, 4.69) is 38.1 Å². The molecule has 4 rings (SSSR count). The van der Waals surface area contributed by atoms with E-state index in [0.717, 1.165) is 26.3 Å². The lowest BCUT2D eigenvalue weighted by molar-refractivity contribution is 0.0123. The molecule has 0 N–H and O–H groups in total. The second-order valence-corrected chi connectivity index (χ2v) is 6.43. The van der Waals surface area contributed by atoms with E-state index in [-0.39, 0.29) is 12.0 Å². The fourth-order valence-corrected chi connectivity index (χ4v) is 3.70. The van der Waals surface area contributed by atoms with Crippen LogP contribution in [0.25, 0.3) is 0 Å². The molecule has 0 spiro atoms. The first-order chi connectivity index (χ1) is 12.9. The van der Waals surface area contributed by atoms with Crippen molar-refractivity contribution in [3.63, 3.8) is 0 Å². The van der Waals surface area contributed by atoms with Gasteiger partial charge in [-0.2, -0.15) is 0 Å². The maximum absolute atomic E-state index is 5.59. The zero-order valence-electron chi connectivity index (χ0n) is 14.6. The van der Waals surface area contributed by atoms with E-state index in [1.54, 1.807) is 0 Å². The van der Waals surface area contributed by atoms with Gasteiger partial charge in [0, 0.05) is 62.2 Å². The van der Waals surface area contributed by atoms with Crippen molar-refractivity contribution in [2.45, 2.75) is 12.0 Å². The molecule has 0 radical (unpaired) electrons. The van der Waals surface area contributed by atoms with Crippen LogP contribution < -0.4 is 0 Å². The van der Waals surface area contributed by atoms with Crippen molar-refractivity contribution in [3.05, 3.63) is 90.3 Å². The van der Waals surface area contributed by atoms with E-state index in [1.807, 2.05) is 55.4 Å². The average Bonchev–Trinajstić information content (AvgIpc) is 2.74. The Morgan fingerprint density at radius 1 is 0.731 bits per heavy atom. The zero-order chi connectivity index (χ0) is 17.6. The zero-order valence-corrected chi connectivity index (χ0v) is 14.6. The summed E-state index contributed by atoms with van der Waals surface area (Å²) in [4.78, 5) is 15.6. The van der Waals surface area contributed by atoms with Crippen molar-refractivity contribution in [1.29, 1.82) is 0 Å². The first-order valence-electron chi connectivity index (χ1n) is 8.95. The van der Waals surface area contributed by atoms with Gasteiger partial charge in [0.2, 0.25) is 0 Å². The third-order valence-electron chi connectivity index (χ3n) is 4.87. The van der Waals surface area contributed by atoms with Crippen LogP contribution in [0.1, 0.15) is 28.7 Å². The van der Waals surface area contributed by atoms with Gasteiger partial charge in [0.25, 0.3) is 0 Å². The maximum atomic E-state index is 5.59. The molecule has 1 aliphatic heterocycles. The van der Waals surface area contributed by atoms with Crippen LogP contribution in [0, 0.1) is 0 Å². The number of hydrogen-bond acceptors (Lipinski definition) is 5. The van der Waals surface area contributed by atoms with E-state index >= 15 is 0 Å². The number of pyridine rings is 3. The molecule has 5 nitrogen and oxygen atoms in total. The second kappa shape index (κ2) is 8.17. The largest absolute Gasteiger partial charge is 0.379 e. The number of rotatable bonds is 5. The molecule has 1 aliphatic rings. The lowest BCUT2D eigenvalue weighted by atomic mass is 9.82. The summed E-state index contributed by atoms with van der Waals surface area (Å²) in [6, 6.07) is 12.6. The van der Waals surface area contributed by atoms with E-state index in [4.69, 9.17) is 4.74 Å². The molecule has 0 amide bonds. The summed E-state index contributed by atoms with van der Waals surface area (Å²) in [5.41, 5.74) is 3.56. The molecule has 0 aliphatic carbocycles. The monoisotopic (exact) mass is 346 g/mol. The van der Waals surface area contributed by atoms with Crippen molar-refractivity contribution in [2.24, 2.45) is 0 Å². The van der Waals surface area contributed by atoms with Gasteiger partial charge in [-0.1, -0.05) is 18.2 Å². The van der Waals surface area contributed by atoms with Gasteiger partial charge in [-0.05, 0) is 34.9 Å². The van der Waals surface area contributed by atoms with Crippen molar-refractivity contribution >= 4 is 0 Å². The Morgan fingerprint density at radius 2 is 1.23 bits per heavy atom. The molecular formula is C21H22N4O. The summed E-state index contributed by atoms with van der Waals surface area (Å²) in [5, 5.41) is 0. The lowest BCUT2D eigenvalue weighted by Crippen LogP contribution is -2.41. The fraction of sp³-hybridized carbons (Fsp3) is 0.286. The standard InChI is InChI=1S/C21H22N4O/c1-4-17(14-22-7-1)20(18-5-2-8-23-15-18)21(19-6-3-9-24-16-19)25-10-12-26-13-11-25/h1-9,14-16,20-21H,10-13H2. The van der Waals surface area contributed by atoms with Gasteiger partial charge in [-0.3, -0.25) is 19.9 Å². The quantitative estimate of drug-likeness (QED) is 0.711. The van der Waals surface area contributed by atoms with Crippen LogP contribution in [0.2, 0.25) is 0 Å². The lowest BCUT2D eigenvalue weighted by Gasteiger charge is -2.39. The van der Waals surface area contributed by atoms with Gasteiger partial charge in [0.15, 0.2) is 0 Å². The van der Waals surface area contributed by atoms with Crippen LogP contribution in [0.15, 0.2) is 73.6 Å². The fourth-order valence-electron chi connectivity index (χ4n) is 3.70. The number of morpholine rings is 1. The van der Waals surface area contributed by atoms with E-state index in [0.29, 0.717) is 0 Å². The molecule has 3 aromatic rings. The number of ether oxygens (including phenoxy) is 1. The predicted molar refractivity (Wildman–Crippen MR) is 99.7 cm³/mol. The second-order valence-electron chi connectivity index (χ2n) is 6.43. The highest BCUT2D eigenvalue weighted by atomic mass is 16.5. The first-order valence-corrected chi connectivity index (χ1v) is 8.95. The first kappa shape index (κ1) is 16.8. The molecule has 1 atom stereocenters. The Hall–Kier alpha value is -2.63. The normalized spacial score (nSPS) is 16.5. The highest BCUT2D eigenvalue weighted by molar-refractivity contribution is 5.35. The molecule has 4 heterocycles. The van der Waals surface area contributed by atoms with Crippen LogP contribution in [0.4, 0.5) is 0 Å². The Labute approximate surface area is 153 Å². The highest BCUT2D eigenvalue weighted by Crippen LogP contribution is 2.40. The summed E-state index contributed by atoms with van der Waals surface area (Å²) >= 11 is 0. The molecule has 0 aromatic carbocycles. The van der Waals surface area contributed by atoms with Crippen molar-refractivity contribution in [2.75, 3.05) is 26.3 Å². The summed E-state index contributed by atoms with van der Waals surface area (Å²) in [7, 11) is 0. The van der Waals surface area contributed by atoms with Gasteiger partial charge < -0.3 is 4.74 Å². The van der Waals surface area contributed by atoms with Crippen LogP contribution >= 0.6 is 0 Å². The molecule has 0 saturated carbocycles. The van der Waals surface area contributed by atoms with Gasteiger partial charge in [-0.15, -0.1) is 0 Å². The van der Waals surface area contributed by atoms with E-state index in [9.17, 15) is 0 Å².